The van der Waals surface area contributed by atoms with E-state index >= 15 is 0 Å². The largest absolute Gasteiger partial charge is 0.330 e. The predicted molar refractivity (Wildman–Crippen MR) is 103 cm³/mol. The zero-order chi connectivity index (χ0) is 17.3. The summed E-state index contributed by atoms with van der Waals surface area (Å²) in [6.45, 7) is 1.54. The Labute approximate surface area is 150 Å². The first-order chi connectivity index (χ1) is 11.5. The van der Waals surface area contributed by atoms with Crippen LogP contribution < -0.4 is 16.6 Å². The highest BCUT2D eigenvalue weighted by atomic mass is 35.5. The Bertz CT molecular complexity index is 1080. The molecule has 2 N–H and O–H groups in total. The molecule has 0 atom stereocenters. The molecule has 0 fully saturated rings. The standard InChI is InChI=1S/C17H21N5O2.ClH/c1-21(2)10-6-9-18-14-11-7-4-5-8-12(11)22(3)15-13(14)16(23)20-17(24)19-15;/h4-5,7-8H,6,9-10H2,1-3H3,(H2,19,20,23,24);1H. The molecule has 0 aliphatic rings. The molecule has 1 aromatic carbocycles. The molecular weight excluding hydrogens is 342 g/mol. The number of halogens is 1. The summed E-state index contributed by atoms with van der Waals surface area (Å²) in [4.78, 5) is 35.9. The number of rotatable bonds is 4. The van der Waals surface area contributed by atoms with Gasteiger partial charge in [-0.15, -0.1) is 12.4 Å². The van der Waals surface area contributed by atoms with Crippen molar-refractivity contribution in [2.45, 2.75) is 6.42 Å². The third-order valence-corrected chi connectivity index (χ3v) is 4.05. The topological polar surface area (TPSA) is 86.2 Å². The van der Waals surface area contributed by atoms with E-state index in [2.05, 4.69) is 19.9 Å². The zero-order valence-corrected chi connectivity index (χ0v) is 15.3. The third-order valence-electron chi connectivity index (χ3n) is 4.05. The lowest BCUT2D eigenvalue weighted by atomic mass is 10.1. The maximum atomic E-state index is 12.4. The highest BCUT2D eigenvalue weighted by molar-refractivity contribution is 5.90. The van der Waals surface area contributed by atoms with Crippen molar-refractivity contribution in [3.05, 3.63) is 50.5 Å². The van der Waals surface area contributed by atoms with Gasteiger partial charge < -0.3 is 9.47 Å². The van der Waals surface area contributed by atoms with Gasteiger partial charge in [0.05, 0.1) is 10.9 Å². The van der Waals surface area contributed by atoms with E-state index in [4.69, 9.17) is 0 Å². The lowest BCUT2D eigenvalue weighted by Crippen LogP contribution is -2.29. The summed E-state index contributed by atoms with van der Waals surface area (Å²) in [5, 5.41) is 1.95. The summed E-state index contributed by atoms with van der Waals surface area (Å²) in [6.07, 6.45) is 0.894. The second-order valence-electron chi connectivity index (χ2n) is 6.10. The molecule has 0 bridgehead atoms. The number of hydrogen-bond acceptors (Lipinski definition) is 4. The van der Waals surface area contributed by atoms with Crippen LogP contribution in [0.15, 0.2) is 38.8 Å². The van der Waals surface area contributed by atoms with Crippen molar-refractivity contribution in [3.8, 4) is 0 Å². The first kappa shape index (κ1) is 19.0. The van der Waals surface area contributed by atoms with Gasteiger partial charge in [-0.25, -0.2) is 4.79 Å². The van der Waals surface area contributed by atoms with Crippen molar-refractivity contribution in [1.29, 1.82) is 0 Å². The lowest BCUT2D eigenvalue weighted by molar-refractivity contribution is 0.403. The molecule has 3 aromatic rings. The van der Waals surface area contributed by atoms with Gasteiger partial charge in [-0.3, -0.25) is 19.8 Å². The maximum Gasteiger partial charge on any atom is 0.327 e. The average Bonchev–Trinajstić information content (AvgIpc) is 2.54. The van der Waals surface area contributed by atoms with E-state index in [9.17, 15) is 9.59 Å². The summed E-state index contributed by atoms with van der Waals surface area (Å²) in [5.41, 5.74) is 0.463. The van der Waals surface area contributed by atoms with Crippen LogP contribution >= 0.6 is 12.4 Å². The Morgan fingerprint density at radius 2 is 1.88 bits per heavy atom. The van der Waals surface area contributed by atoms with Crippen molar-refractivity contribution in [2.24, 2.45) is 12.0 Å². The molecule has 0 unspecified atom stereocenters. The SMILES string of the molecule is CN(C)CCCN=c1c2ccccc2n(C)c2[nH]c(=O)[nH]c(=O)c12.Cl. The van der Waals surface area contributed by atoms with E-state index in [1.54, 1.807) is 0 Å². The molecule has 8 heteroatoms. The van der Waals surface area contributed by atoms with Gasteiger partial charge >= 0.3 is 5.69 Å². The molecule has 25 heavy (non-hydrogen) atoms. The van der Waals surface area contributed by atoms with Gasteiger partial charge in [0.15, 0.2) is 0 Å². The fourth-order valence-electron chi connectivity index (χ4n) is 2.91. The Morgan fingerprint density at radius 3 is 2.60 bits per heavy atom. The van der Waals surface area contributed by atoms with Gasteiger partial charge in [0.25, 0.3) is 5.56 Å². The number of pyridine rings is 1. The number of aryl methyl sites for hydroxylation is 1. The number of hydrogen-bond donors (Lipinski definition) is 2. The minimum absolute atomic E-state index is 0. The van der Waals surface area contributed by atoms with Crippen LogP contribution in [0.2, 0.25) is 0 Å². The molecule has 0 saturated carbocycles. The van der Waals surface area contributed by atoms with E-state index in [0.29, 0.717) is 22.9 Å². The molecule has 0 radical (unpaired) electrons. The van der Waals surface area contributed by atoms with Crippen LogP contribution in [0.4, 0.5) is 0 Å². The summed E-state index contributed by atoms with van der Waals surface area (Å²) in [6, 6.07) is 7.75. The smallest absolute Gasteiger partial charge is 0.327 e. The van der Waals surface area contributed by atoms with Crippen LogP contribution in [0.5, 0.6) is 0 Å². The summed E-state index contributed by atoms with van der Waals surface area (Å²) in [7, 11) is 5.86. The van der Waals surface area contributed by atoms with Gasteiger partial charge in [0.2, 0.25) is 0 Å². The number of aromatic nitrogens is 3. The number of benzene rings is 1. The first-order valence-electron chi connectivity index (χ1n) is 7.88. The maximum absolute atomic E-state index is 12.4. The Kier molecular flexibility index (Phi) is 5.81. The van der Waals surface area contributed by atoms with Crippen molar-refractivity contribution in [3.63, 3.8) is 0 Å². The number of fused-ring (bicyclic) bond motifs is 2. The highest BCUT2D eigenvalue weighted by Crippen LogP contribution is 2.13. The fraction of sp³-hybridized carbons (Fsp3) is 0.353. The molecule has 3 rings (SSSR count). The zero-order valence-electron chi connectivity index (χ0n) is 14.5. The minimum atomic E-state index is -0.517. The Hall–Kier alpha value is -2.38. The van der Waals surface area contributed by atoms with Gasteiger partial charge in [-0.05, 0) is 33.1 Å². The van der Waals surface area contributed by atoms with Crippen LogP contribution in [0, 0.1) is 0 Å². The minimum Gasteiger partial charge on any atom is -0.330 e. The summed E-state index contributed by atoms with van der Waals surface area (Å²) < 4.78 is 1.82. The molecule has 0 aliphatic carbocycles. The van der Waals surface area contributed by atoms with Crippen LogP contribution in [-0.4, -0.2) is 46.6 Å². The molecular formula is C17H22ClN5O2. The molecule has 0 spiro atoms. The molecule has 0 saturated heterocycles. The van der Waals surface area contributed by atoms with Crippen molar-refractivity contribution in [2.75, 3.05) is 27.2 Å². The average molecular weight is 364 g/mol. The predicted octanol–water partition coefficient (Wildman–Crippen LogP) is 0.982. The molecule has 0 aliphatic heterocycles. The molecule has 7 nitrogen and oxygen atoms in total. The van der Waals surface area contributed by atoms with E-state index in [1.165, 1.54) is 0 Å². The number of aromatic amines is 2. The number of nitrogens with one attached hydrogen (secondary N) is 2. The second kappa shape index (κ2) is 7.67. The number of para-hydroxylation sites is 1. The number of nitrogens with zero attached hydrogens (tertiary/aromatic N) is 3. The summed E-state index contributed by atoms with van der Waals surface area (Å²) in [5.74, 6) is 0. The molecule has 134 valence electrons. The van der Waals surface area contributed by atoms with Gasteiger partial charge in [-0.2, -0.15) is 0 Å². The normalized spacial score (nSPS) is 12.1. The number of H-pyrrole nitrogens is 2. The van der Waals surface area contributed by atoms with Gasteiger partial charge in [0, 0.05) is 19.0 Å². The van der Waals surface area contributed by atoms with E-state index in [1.807, 2.05) is 50.0 Å². The Morgan fingerprint density at radius 1 is 1.16 bits per heavy atom. The van der Waals surface area contributed by atoms with Crippen LogP contribution in [0.25, 0.3) is 21.9 Å². The van der Waals surface area contributed by atoms with Crippen molar-refractivity contribution in [1.82, 2.24) is 19.4 Å². The van der Waals surface area contributed by atoms with Crippen molar-refractivity contribution < 1.29 is 0 Å². The van der Waals surface area contributed by atoms with Gasteiger partial charge in [0.1, 0.15) is 11.0 Å². The lowest BCUT2D eigenvalue weighted by Gasteiger charge is -2.11. The fourth-order valence-corrected chi connectivity index (χ4v) is 2.91. The Balaban J connectivity index is 0.00000225. The van der Waals surface area contributed by atoms with Crippen molar-refractivity contribution >= 4 is 34.3 Å². The van der Waals surface area contributed by atoms with E-state index in [-0.39, 0.29) is 12.4 Å². The monoisotopic (exact) mass is 363 g/mol. The third kappa shape index (κ3) is 3.67. The molecule has 2 heterocycles. The first-order valence-corrected chi connectivity index (χ1v) is 7.88. The molecule has 2 aromatic heterocycles. The van der Waals surface area contributed by atoms with Crippen LogP contribution in [-0.2, 0) is 7.05 Å². The summed E-state index contributed by atoms with van der Waals surface area (Å²) >= 11 is 0. The van der Waals surface area contributed by atoms with E-state index < -0.39 is 11.2 Å². The van der Waals surface area contributed by atoms with Gasteiger partial charge in [-0.1, -0.05) is 18.2 Å². The second-order valence-corrected chi connectivity index (χ2v) is 6.10. The van der Waals surface area contributed by atoms with Crippen LogP contribution in [0.3, 0.4) is 0 Å². The molecule has 0 amide bonds. The quantitative estimate of drug-likeness (QED) is 0.535. The highest BCUT2D eigenvalue weighted by Gasteiger charge is 2.11. The van der Waals surface area contributed by atoms with E-state index in [0.717, 1.165) is 23.9 Å². The van der Waals surface area contributed by atoms with Crippen LogP contribution in [0.1, 0.15) is 6.42 Å².